The smallest absolute Gasteiger partial charge is 0.329 e. The highest BCUT2D eigenvalue weighted by Gasteiger charge is 2.41. The number of nitrogens with zero attached hydrogens (tertiary/aromatic N) is 1. The number of aromatic nitrogens is 1. The van der Waals surface area contributed by atoms with Crippen LogP contribution in [0, 0.1) is 5.92 Å². The maximum Gasteiger partial charge on any atom is 0.329 e. The molecule has 0 spiro atoms. The zero-order valence-corrected chi connectivity index (χ0v) is 69.8. The molecule has 23 N–H and O–H groups in total. The van der Waals surface area contributed by atoms with E-state index in [9.17, 15) is 117 Å². The number of nitrogens with one attached hydrogen (secondary N) is 14. The normalized spacial score (nSPS) is 20.6. The molecule has 43 nitrogen and oxygen atoms in total. The molecule has 1 aromatic heterocycles. The fourth-order valence-electron chi connectivity index (χ4n) is 12.4. The molecule has 0 aliphatic carbocycles. The molecule has 2 heterocycles. The molecule has 3 aromatic rings. The van der Waals surface area contributed by atoms with Gasteiger partial charge in [0, 0.05) is 59.9 Å². The molecule has 13 unspecified atom stereocenters. The lowest BCUT2D eigenvalue weighted by atomic mass is 9.96. The number of aromatic amines is 1. The van der Waals surface area contributed by atoms with E-state index in [1.165, 1.54) is 24.3 Å². The lowest BCUT2D eigenvalue weighted by Crippen LogP contribution is -2.62. The van der Waals surface area contributed by atoms with Gasteiger partial charge in [-0.15, -0.1) is 0 Å². The van der Waals surface area contributed by atoms with Crippen molar-refractivity contribution in [2.24, 2.45) is 17.4 Å². The molecule has 670 valence electrons. The number of ether oxygens (including phenoxy) is 1. The first-order valence-corrected chi connectivity index (χ1v) is 40.6. The number of carbonyl (C=O) groups excluding carboxylic acids is 16. The van der Waals surface area contributed by atoms with E-state index in [1.807, 2.05) is 16.0 Å². The standard InChI is InChI=1S/C77H109N17O26S2/c1-7-10-11-12-13-14-15-26-57(98)85-47(29-42-35-80-45-23-18-16-21-43(42)45)70(113)88-48(31-56(79)97)71(114)90-51(34-63(107)108)72(115)93-65-41(6)120-76(119)52(30-54(96)44-22-17-19-25-55(44)122-77(121)94(8-2)9-3)91-75(118)64(39(4)28-60(101)102)92-73(116)53(38-95)86-59(100)36-81-67(110)49(32-61(103)104)87-66(109)40(5)83-69(112)50(33-62(105)106)89-68(111)46(24-20-27-78)84-58(99)37-82-74(65)117/h16-19,21-23,25,35,39-41,46-53,64-65,80,95H,7-15,20,24,26-34,36-38,78H2,1-6H3,(H2,79,97)(H,81,110)(H,82,117)(H,83,112)(H,84,99)(H,85,98)(H,86,100)(H,87,109)(H,88,113)(H,89,111)(H,90,114)(H,91,118)(H,92,116)(H,93,115)(H,101,102)(H,103,104)(H,105,106)(H,107,108). The number of aliphatic hydroxyl groups excluding tert-OH is 1. The van der Waals surface area contributed by atoms with Crippen LogP contribution in [0.25, 0.3) is 10.9 Å². The molecular weight excluding hydrogens is 1640 g/mol. The molecule has 4 rings (SSSR count). The first kappa shape index (κ1) is 102. The Morgan fingerprint density at radius 3 is 1.71 bits per heavy atom. The Balaban J connectivity index is 1.94. The Kier molecular flexibility index (Phi) is 43.5. The van der Waals surface area contributed by atoms with Crippen molar-refractivity contribution in [2.75, 3.05) is 39.3 Å². The number of cyclic esters (lactones) is 1. The highest BCUT2D eigenvalue weighted by Crippen LogP contribution is 2.28. The lowest BCUT2D eigenvalue weighted by Gasteiger charge is -2.30. The third-order valence-electron chi connectivity index (χ3n) is 19.0. The van der Waals surface area contributed by atoms with Crippen LogP contribution in [-0.2, 0) is 102 Å². The van der Waals surface area contributed by atoms with E-state index >= 15 is 4.79 Å². The summed E-state index contributed by atoms with van der Waals surface area (Å²) >= 11 is 6.62. The predicted molar refractivity (Wildman–Crippen MR) is 437 cm³/mol. The van der Waals surface area contributed by atoms with Crippen molar-refractivity contribution in [3.63, 3.8) is 0 Å². The molecular formula is C77H109N17O26S2. The summed E-state index contributed by atoms with van der Waals surface area (Å²) in [6, 6.07) is -10.1. The van der Waals surface area contributed by atoms with E-state index in [0.717, 1.165) is 64.6 Å². The quantitative estimate of drug-likeness (QED) is 0.00871. The number of carboxylic acid groups (broad SMARTS) is 4. The summed E-state index contributed by atoms with van der Waals surface area (Å²) in [5, 5.41) is 79.4. The average molecular weight is 1750 g/mol. The van der Waals surface area contributed by atoms with Crippen LogP contribution >= 0.6 is 24.0 Å². The van der Waals surface area contributed by atoms with Gasteiger partial charge >= 0.3 is 29.8 Å². The second kappa shape index (κ2) is 52.0. The van der Waals surface area contributed by atoms with Gasteiger partial charge in [-0.2, -0.15) is 0 Å². The van der Waals surface area contributed by atoms with Gasteiger partial charge in [0.25, 0.3) is 0 Å². The maximum absolute atomic E-state index is 15.2. The number of rotatable bonds is 38. The minimum atomic E-state index is -2.46. The monoisotopic (exact) mass is 1750 g/mol. The molecule has 1 fully saturated rings. The summed E-state index contributed by atoms with van der Waals surface area (Å²) in [5.41, 5.74) is 12.4. The second-order valence-corrected chi connectivity index (χ2v) is 30.4. The number of para-hydroxylation sites is 1. The minimum Gasteiger partial charge on any atom is -0.481 e. The first-order valence-electron chi connectivity index (χ1n) is 39.4. The molecule has 1 aliphatic heterocycles. The summed E-state index contributed by atoms with van der Waals surface area (Å²) < 4.78 is 6.08. The molecule has 1 aliphatic rings. The van der Waals surface area contributed by atoms with Gasteiger partial charge < -0.3 is 121 Å². The van der Waals surface area contributed by atoms with E-state index < -0.39 is 261 Å². The number of thiocarbonyl (C=S) groups is 1. The van der Waals surface area contributed by atoms with Crippen LogP contribution in [0.4, 0.5) is 0 Å². The first-order chi connectivity index (χ1) is 57.7. The van der Waals surface area contributed by atoms with Crippen molar-refractivity contribution in [2.45, 2.75) is 228 Å². The van der Waals surface area contributed by atoms with Gasteiger partial charge in [-0.25, -0.2) is 4.79 Å². The largest absolute Gasteiger partial charge is 0.481 e. The summed E-state index contributed by atoms with van der Waals surface area (Å²) in [6.45, 7) is 5.58. The molecule has 45 heteroatoms. The van der Waals surface area contributed by atoms with Crippen molar-refractivity contribution < 1.29 is 126 Å². The second-order valence-electron chi connectivity index (χ2n) is 28.7. The van der Waals surface area contributed by atoms with Crippen molar-refractivity contribution >= 4 is 158 Å². The number of H-pyrrole nitrogens is 1. The number of amides is 14. The zero-order chi connectivity index (χ0) is 91.0. The highest BCUT2D eigenvalue weighted by molar-refractivity contribution is 8.23. The van der Waals surface area contributed by atoms with Crippen LogP contribution in [0.15, 0.2) is 59.6 Å². The number of thioether (sulfide) groups is 1. The number of esters is 1. The Bertz CT molecular complexity index is 4280. The van der Waals surface area contributed by atoms with Gasteiger partial charge in [-0.05, 0) is 77.1 Å². The van der Waals surface area contributed by atoms with Crippen molar-refractivity contribution in [1.29, 1.82) is 0 Å². The van der Waals surface area contributed by atoms with Gasteiger partial charge in [-0.3, -0.25) is 91.1 Å². The number of hydrogen-bond donors (Lipinski definition) is 21. The fraction of sp³-hybridized carbons (Fsp3) is 0.545. The van der Waals surface area contributed by atoms with Crippen LogP contribution in [0.1, 0.15) is 160 Å². The number of unbranched alkanes of at least 4 members (excludes halogenated alkanes) is 6. The molecule has 122 heavy (non-hydrogen) atoms. The minimum absolute atomic E-state index is 0.0205. The van der Waals surface area contributed by atoms with E-state index in [4.69, 9.17) is 28.4 Å². The van der Waals surface area contributed by atoms with E-state index in [2.05, 4.69) is 65.1 Å². The summed E-state index contributed by atoms with van der Waals surface area (Å²) in [6.07, 6.45) is -2.36. The van der Waals surface area contributed by atoms with Crippen molar-refractivity contribution in [1.82, 2.24) is 79.0 Å². The Morgan fingerprint density at radius 2 is 1.11 bits per heavy atom. The number of carbonyl (C=O) groups is 20. The van der Waals surface area contributed by atoms with Crippen molar-refractivity contribution in [3.05, 3.63) is 65.9 Å². The third kappa shape index (κ3) is 34.8. The van der Waals surface area contributed by atoms with Crippen LogP contribution in [0.5, 0.6) is 0 Å². The zero-order valence-electron chi connectivity index (χ0n) is 68.2. The molecule has 0 saturated carbocycles. The van der Waals surface area contributed by atoms with Crippen molar-refractivity contribution in [3.8, 4) is 0 Å². The van der Waals surface area contributed by atoms with Crippen LogP contribution in [0.3, 0.4) is 0 Å². The summed E-state index contributed by atoms with van der Waals surface area (Å²) in [5.74, 6) is -29.6. The molecule has 0 bridgehead atoms. The summed E-state index contributed by atoms with van der Waals surface area (Å²) in [4.78, 5) is 281. The maximum atomic E-state index is 15.2. The predicted octanol–water partition coefficient (Wildman–Crippen LogP) is -3.49. The third-order valence-corrected chi connectivity index (χ3v) is 20.5. The van der Waals surface area contributed by atoms with E-state index in [1.54, 1.807) is 49.2 Å². The van der Waals surface area contributed by atoms with Crippen LogP contribution < -0.4 is 80.6 Å². The number of hydrogen-bond acceptors (Lipinski definition) is 25. The number of nitrogens with two attached hydrogens (primary N) is 2. The topological polar surface area (TPSA) is 679 Å². The number of primary amides is 1. The Labute approximate surface area is 710 Å². The van der Waals surface area contributed by atoms with Gasteiger partial charge in [0.05, 0.1) is 51.8 Å². The average Bonchev–Trinajstić information content (AvgIpc) is 1.65. The number of carboxylic acids is 4. The van der Waals surface area contributed by atoms with Crippen LogP contribution in [-0.4, -0.2) is 270 Å². The summed E-state index contributed by atoms with van der Waals surface area (Å²) in [7, 11) is 0. The Morgan fingerprint density at radius 1 is 0.574 bits per heavy atom. The number of aliphatic hydroxyl groups is 1. The molecule has 14 amide bonds. The number of fused-ring (bicyclic) bond motifs is 1. The molecule has 13 atom stereocenters. The van der Waals surface area contributed by atoms with E-state index in [0.29, 0.717) is 42.4 Å². The van der Waals surface area contributed by atoms with E-state index in [-0.39, 0.29) is 40.6 Å². The van der Waals surface area contributed by atoms with Gasteiger partial charge in [0.15, 0.2) is 5.78 Å². The number of benzene rings is 2. The molecule has 2 aromatic carbocycles. The molecule has 1 saturated heterocycles. The van der Waals surface area contributed by atoms with Gasteiger partial charge in [0.2, 0.25) is 82.7 Å². The lowest BCUT2D eigenvalue weighted by molar-refractivity contribution is -0.156. The number of aliphatic carboxylic acids is 4. The number of Topliss-reactive ketones (excluding diaryl/α,β-unsaturated/α-hetero) is 1. The van der Waals surface area contributed by atoms with Crippen LogP contribution in [0.2, 0.25) is 0 Å². The highest BCUT2D eigenvalue weighted by atomic mass is 32.2. The number of ketones is 1. The van der Waals surface area contributed by atoms with Gasteiger partial charge in [-0.1, -0.05) is 113 Å². The fourth-order valence-corrected chi connectivity index (χ4v) is 14.0. The molecule has 0 radical (unpaired) electrons. The van der Waals surface area contributed by atoms with Gasteiger partial charge in [0.1, 0.15) is 76.9 Å². The Hall–Kier alpha value is -12.3. The SMILES string of the molecule is CCCCCCCCCC(=O)NC(Cc1c[nH]c2ccccc12)C(=O)NC(CC(N)=O)C(=O)NC(CC(=O)O)C(=O)NC1C(=O)NCC(=O)NC(CCCN)C(=O)NC(CC(=O)O)C(=O)NC(C)C(=O)NC(CC(=O)O)C(=O)NCC(=O)NC(CO)C(=O)NC(C(C)CC(=O)O)C(=O)NC(CC(=O)c2ccccc2SC(=S)N(CC)CC)C(=O)OC1C.